The lowest BCUT2D eigenvalue weighted by molar-refractivity contribution is 0.400. The lowest BCUT2D eigenvalue weighted by Gasteiger charge is -2.16. The van der Waals surface area contributed by atoms with Gasteiger partial charge in [0.15, 0.2) is 16.8 Å². The van der Waals surface area contributed by atoms with E-state index in [9.17, 15) is 15.0 Å². The molecule has 22 heavy (non-hydrogen) atoms. The Morgan fingerprint density at radius 2 is 1.77 bits per heavy atom. The molecule has 112 valence electrons. The van der Waals surface area contributed by atoms with Crippen molar-refractivity contribution in [3.63, 3.8) is 0 Å². The monoisotopic (exact) mass is 297 g/mol. The lowest BCUT2D eigenvalue weighted by atomic mass is 10.1. The molecule has 0 amide bonds. The number of fused-ring (bicyclic) bond motifs is 1. The zero-order valence-corrected chi connectivity index (χ0v) is 12.2. The summed E-state index contributed by atoms with van der Waals surface area (Å²) in [6.07, 6.45) is 0. The molecule has 3 rings (SSSR count). The van der Waals surface area contributed by atoms with Crippen LogP contribution in [0.15, 0.2) is 51.7 Å². The standard InChI is InChI=1S/C17H15NO4/c1-18(2)12-6-4-3-5-10(12)15-9-14(20)11-7-8-13(19)16(21)17(11)22-15/h3-9,19,21H,1-2H3. The molecule has 5 heteroatoms. The van der Waals surface area contributed by atoms with E-state index in [1.54, 1.807) is 0 Å². The Bertz CT molecular complexity index is 912. The SMILES string of the molecule is CN(C)c1ccccc1-c1cc(=O)c2ccc(O)c(O)c2o1. The second kappa shape index (κ2) is 5.11. The Morgan fingerprint density at radius 3 is 2.50 bits per heavy atom. The first-order valence-corrected chi connectivity index (χ1v) is 6.74. The average molecular weight is 297 g/mol. The third-order valence-corrected chi connectivity index (χ3v) is 3.50. The molecule has 5 nitrogen and oxygen atoms in total. The van der Waals surface area contributed by atoms with Crippen LogP contribution in [0.1, 0.15) is 0 Å². The molecule has 0 atom stereocenters. The molecule has 0 radical (unpaired) electrons. The third kappa shape index (κ3) is 2.16. The van der Waals surface area contributed by atoms with E-state index in [1.165, 1.54) is 18.2 Å². The summed E-state index contributed by atoms with van der Waals surface area (Å²) in [6, 6.07) is 11.6. The molecular weight excluding hydrogens is 282 g/mol. The normalized spacial score (nSPS) is 10.8. The second-order valence-electron chi connectivity index (χ2n) is 5.20. The summed E-state index contributed by atoms with van der Waals surface area (Å²) < 4.78 is 5.69. The highest BCUT2D eigenvalue weighted by Crippen LogP contribution is 2.36. The number of nitrogens with zero attached hydrogens (tertiary/aromatic N) is 1. The Morgan fingerprint density at radius 1 is 1.05 bits per heavy atom. The van der Waals surface area contributed by atoms with E-state index < -0.39 is 5.75 Å². The molecular formula is C17H15NO4. The molecule has 3 aromatic rings. The molecule has 0 aliphatic rings. The van der Waals surface area contributed by atoms with Gasteiger partial charge in [0, 0.05) is 31.4 Å². The maximum absolute atomic E-state index is 12.3. The van der Waals surface area contributed by atoms with Gasteiger partial charge in [0.25, 0.3) is 0 Å². The summed E-state index contributed by atoms with van der Waals surface area (Å²) in [5.74, 6) is -0.421. The molecule has 1 heterocycles. The van der Waals surface area contributed by atoms with Crippen LogP contribution in [0.4, 0.5) is 5.69 Å². The molecule has 0 aliphatic carbocycles. The highest BCUT2D eigenvalue weighted by atomic mass is 16.4. The van der Waals surface area contributed by atoms with E-state index in [-0.39, 0.29) is 22.1 Å². The number of para-hydroxylation sites is 1. The number of aromatic hydroxyl groups is 2. The number of anilines is 1. The smallest absolute Gasteiger partial charge is 0.201 e. The fraction of sp³-hybridized carbons (Fsp3) is 0.118. The van der Waals surface area contributed by atoms with Gasteiger partial charge in [0.1, 0.15) is 5.76 Å². The van der Waals surface area contributed by atoms with Crippen molar-refractivity contribution in [2.24, 2.45) is 0 Å². The van der Waals surface area contributed by atoms with Gasteiger partial charge in [-0.3, -0.25) is 4.79 Å². The van der Waals surface area contributed by atoms with Crippen LogP contribution in [-0.2, 0) is 0 Å². The largest absolute Gasteiger partial charge is 0.504 e. The number of hydrogen-bond donors (Lipinski definition) is 2. The topological polar surface area (TPSA) is 73.9 Å². The third-order valence-electron chi connectivity index (χ3n) is 3.50. The fourth-order valence-corrected chi connectivity index (χ4v) is 2.40. The van der Waals surface area contributed by atoms with E-state index in [0.29, 0.717) is 5.76 Å². The van der Waals surface area contributed by atoms with Crippen LogP contribution in [0.5, 0.6) is 11.5 Å². The van der Waals surface area contributed by atoms with Crippen LogP contribution < -0.4 is 10.3 Å². The predicted octanol–water partition coefficient (Wildman–Crippen LogP) is 2.94. The van der Waals surface area contributed by atoms with Crippen LogP contribution >= 0.6 is 0 Å². The zero-order chi connectivity index (χ0) is 15.9. The molecule has 0 unspecified atom stereocenters. The van der Waals surface area contributed by atoms with E-state index in [2.05, 4.69) is 0 Å². The Balaban J connectivity index is 2.34. The fourth-order valence-electron chi connectivity index (χ4n) is 2.40. The van der Waals surface area contributed by atoms with Crippen molar-refractivity contribution in [3.8, 4) is 22.8 Å². The molecule has 0 bridgehead atoms. The van der Waals surface area contributed by atoms with Gasteiger partial charge in [-0.25, -0.2) is 0 Å². The first-order chi connectivity index (χ1) is 10.5. The van der Waals surface area contributed by atoms with Gasteiger partial charge < -0.3 is 19.5 Å². The van der Waals surface area contributed by atoms with Crippen LogP contribution in [0.3, 0.4) is 0 Å². The first-order valence-electron chi connectivity index (χ1n) is 6.74. The van der Waals surface area contributed by atoms with Crippen LogP contribution in [-0.4, -0.2) is 24.3 Å². The van der Waals surface area contributed by atoms with Gasteiger partial charge in [-0.1, -0.05) is 12.1 Å². The molecule has 0 saturated heterocycles. The van der Waals surface area contributed by atoms with E-state index in [4.69, 9.17) is 4.42 Å². The summed E-state index contributed by atoms with van der Waals surface area (Å²) >= 11 is 0. The summed E-state index contributed by atoms with van der Waals surface area (Å²) in [5, 5.41) is 19.8. The van der Waals surface area contributed by atoms with Crippen molar-refractivity contribution in [3.05, 3.63) is 52.7 Å². The highest BCUT2D eigenvalue weighted by molar-refractivity contribution is 5.87. The van der Waals surface area contributed by atoms with E-state index >= 15 is 0 Å². The minimum atomic E-state index is -0.432. The van der Waals surface area contributed by atoms with Gasteiger partial charge in [0.05, 0.1) is 5.39 Å². The van der Waals surface area contributed by atoms with E-state index in [0.717, 1.165) is 11.3 Å². The lowest BCUT2D eigenvalue weighted by Crippen LogP contribution is -2.10. The van der Waals surface area contributed by atoms with Crippen LogP contribution in [0.25, 0.3) is 22.3 Å². The molecule has 1 aromatic heterocycles. The Kier molecular flexibility index (Phi) is 3.25. The van der Waals surface area contributed by atoms with Crippen molar-refractivity contribution >= 4 is 16.7 Å². The van der Waals surface area contributed by atoms with Crippen molar-refractivity contribution in [2.45, 2.75) is 0 Å². The van der Waals surface area contributed by atoms with Gasteiger partial charge in [-0.05, 0) is 24.3 Å². The van der Waals surface area contributed by atoms with Crippen molar-refractivity contribution < 1.29 is 14.6 Å². The van der Waals surface area contributed by atoms with Crippen molar-refractivity contribution in [2.75, 3.05) is 19.0 Å². The van der Waals surface area contributed by atoms with Gasteiger partial charge >= 0.3 is 0 Å². The average Bonchev–Trinajstić information content (AvgIpc) is 2.51. The first kappa shape index (κ1) is 14.0. The maximum atomic E-state index is 12.3. The summed E-state index contributed by atoms with van der Waals surface area (Å²) in [4.78, 5) is 14.2. The van der Waals surface area contributed by atoms with Gasteiger partial charge in [0.2, 0.25) is 5.75 Å². The van der Waals surface area contributed by atoms with Crippen LogP contribution in [0.2, 0.25) is 0 Å². The Labute approximate surface area is 126 Å². The quantitative estimate of drug-likeness (QED) is 0.711. The van der Waals surface area contributed by atoms with Gasteiger partial charge in [-0.15, -0.1) is 0 Å². The molecule has 0 spiro atoms. The number of rotatable bonds is 2. The molecule has 0 saturated carbocycles. The van der Waals surface area contributed by atoms with Gasteiger partial charge in [-0.2, -0.15) is 0 Å². The number of benzene rings is 2. The second-order valence-corrected chi connectivity index (χ2v) is 5.20. The maximum Gasteiger partial charge on any atom is 0.201 e. The number of phenolic OH excluding ortho intramolecular Hbond substituents is 2. The van der Waals surface area contributed by atoms with E-state index in [1.807, 2.05) is 43.3 Å². The van der Waals surface area contributed by atoms with Crippen LogP contribution in [0, 0.1) is 0 Å². The highest BCUT2D eigenvalue weighted by Gasteiger charge is 2.15. The number of phenols is 2. The summed E-state index contributed by atoms with van der Waals surface area (Å²) in [5.41, 5.74) is 1.31. The molecule has 0 fully saturated rings. The predicted molar refractivity (Wildman–Crippen MR) is 85.6 cm³/mol. The zero-order valence-electron chi connectivity index (χ0n) is 12.2. The molecule has 2 aromatic carbocycles. The molecule has 0 aliphatic heterocycles. The summed E-state index contributed by atoms with van der Waals surface area (Å²) in [6.45, 7) is 0. The minimum Gasteiger partial charge on any atom is -0.504 e. The van der Waals surface area contributed by atoms with Crippen molar-refractivity contribution in [1.29, 1.82) is 0 Å². The Hall–Kier alpha value is -2.95. The number of hydrogen-bond acceptors (Lipinski definition) is 5. The van der Waals surface area contributed by atoms with Crippen molar-refractivity contribution in [1.82, 2.24) is 0 Å². The molecule has 2 N–H and O–H groups in total. The summed E-state index contributed by atoms with van der Waals surface area (Å²) in [7, 11) is 3.78. The minimum absolute atomic E-state index is 0.0175.